The van der Waals surface area contributed by atoms with Gasteiger partial charge in [-0.1, -0.05) is 291 Å². The first kappa shape index (κ1) is 50.8. The van der Waals surface area contributed by atoms with Crippen molar-refractivity contribution >= 4 is 88.5 Å². The summed E-state index contributed by atoms with van der Waals surface area (Å²) in [5, 5.41) is 9.11. The van der Waals surface area contributed by atoms with Crippen LogP contribution in [0.1, 0.15) is 33.9 Å². The van der Waals surface area contributed by atoms with Gasteiger partial charge in [-0.15, -0.1) is 0 Å². The molecule has 2 aliphatic rings. The summed E-state index contributed by atoms with van der Waals surface area (Å²) in [5.41, 5.74) is 23.9. The van der Waals surface area contributed by atoms with Crippen LogP contribution in [0.15, 0.2) is 303 Å². The summed E-state index contributed by atoms with van der Waals surface area (Å²) in [6, 6.07) is 110. The van der Waals surface area contributed by atoms with Gasteiger partial charge in [0.2, 0.25) is 0 Å². The molecule has 4 nitrogen and oxygen atoms in total. The number of hydrogen-bond donors (Lipinski definition) is 2. The number of aromatic nitrogens is 4. The maximum Gasteiger partial charge on any atom is 0.0822 e. The Labute approximate surface area is 509 Å². The molecule has 0 saturated carbocycles. The first-order valence-corrected chi connectivity index (χ1v) is 30.1. The molecule has 0 aliphatic carbocycles. The number of nitrogens with one attached hydrogen (secondary N) is 2. The van der Waals surface area contributed by atoms with Crippen molar-refractivity contribution < 1.29 is 0 Å². The molecule has 8 bridgehead atoms. The molecule has 4 heteroatoms. The van der Waals surface area contributed by atoms with E-state index in [2.05, 4.69) is 325 Å². The van der Waals surface area contributed by atoms with Crippen molar-refractivity contribution in [1.29, 1.82) is 0 Å². The van der Waals surface area contributed by atoms with Gasteiger partial charge in [-0.05, 0) is 112 Å². The van der Waals surface area contributed by atoms with Gasteiger partial charge >= 0.3 is 0 Å². The zero-order chi connectivity index (χ0) is 58.1. The highest BCUT2D eigenvalue weighted by molar-refractivity contribution is 6.22. The van der Waals surface area contributed by atoms with E-state index in [9.17, 15) is 0 Å². The number of H-pyrrole nitrogens is 2. The lowest BCUT2D eigenvalue weighted by Gasteiger charge is -2.17. The quantitative estimate of drug-likeness (QED) is 0.159. The number of benzene rings is 12. The van der Waals surface area contributed by atoms with Gasteiger partial charge in [0.25, 0.3) is 0 Å². The van der Waals surface area contributed by atoms with Crippen molar-refractivity contribution in [1.82, 2.24) is 19.9 Å². The van der Waals surface area contributed by atoms with Crippen molar-refractivity contribution in [2.75, 3.05) is 0 Å². The van der Waals surface area contributed by atoms with Crippen LogP contribution in [0.5, 0.6) is 0 Å². The minimum absolute atomic E-state index is 0.827. The van der Waals surface area contributed by atoms with Gasteiger partial charge in [0.1, 0.15) is 0 Å². The second-order valence-corrected chi connectivity index (χ2v) is 22.8. The summed E-state index contributed by atoms with van der Waals surface area (Å²) in [4.78, 5) is 20.7. The normalized spacial score (nSPS) is 12.2. The zero-order valence-electron chi connectivity index (χ0n) is 47.9. The second-order valence-electron chi connectivity index (χ2n) is 22.8. The number of rotatable bonds is 8. The lowest BCUT2D eigenvalue weighted by molar-refractivity contribution is 1.30. The van der Waals surface area contributed by atoms with Crippen molar-refractivity contribution in [3.05, 3.63) is 337 Å². The maximum atomic E-state index is 6.54. The summed E-state index contributed by atoms with van der Waals surface area (Å²) < 4.78 is 0. The third-order valence-electron chi connectivity index (χ3n) is 17.7. The van der Waals surface area contributed by atoms with Gasteiger partial charge in [-0.2, -0.15) is 0 Å². The number of fused-ring (bicyclic) bond motifs is 12. The summed E-state index contributed by atoms with van der Waals surface area (Å²) in [5.74, 6) is 0. The van der Waals surface area contributed by atoms with E-state index in [0.29, 0.717) is 0 Å². The van der Waals surface area contributed by atoms with Crippen LogP contribution < -0.4 is 0 Å². The minimum atomic E-state index is 0.827. The molecular formula is C84H54N4. The molecule has 0 fully saturated rings. The Morgan fingerprint density at radius 2 is 0.568 bits per heavy atom. The highest BCUT2D eigenvalue weighted by Crippen LogP contribution is 2.54. The van der Waals surface area contributed by atoms with Crippen LogP contribution in [0.25, 0.3) is 155 Å². The van der Waals surface area contributed by atoms with Gasteiger partial charge in [0, 0.05) is 55.6 Å². The topological polar surface area (TPSA) is 57.4 Å². The Morgan fingerprint density at radius 1 is 0.227 bits per heavy atom. The first-order chi connectivity index (χ1) is 43.7. The lowest BCUT2D eigenvalue weighted by atomic mass is 9.84. The van der Waals surface area contributed by atoms with Crippen LogP contribution in [-0.4, -0.2) is 19.9 Å². The molecule has 0 spiro atoms. The SMILES string of the molecule is C1=Cc2cc3[nH]c(c(-c4cccc5ccccc45)c4nc(c(-c5ccccc5)c5[nH]c(cc1n2)c(-c1ccccc1)c5-c1ccccc1)C(c1ccccc1)=C4c1cccc2ccccc12)c(-c1cccc2ccccc12)c3-c1cccc2ccccc12. The summed E-state index contributed by atoms with van der Waals surface area (Å²) in [7, 11) is 0. The van der Waals surface area contributed by atoms with E-state index in [-0.39, 0.29) is 0 Å². The molecule has 0 radical (unpaired) electrons. The highest BCUT2D eigenvalue weighted by Gasteiger charge is 2.34. The van der Waals surface area contributed by atoms with Gasteiger partial charge < -0.3 is 9.97 Å². The molecule has 410 valence electrons. The second kappa shape index (κ2) is 21.1. The smallest absolute Gasteiger partial charge is 0.0822 e. The largest absolute Gasteiger partial charge is 0.354 e. The molecule has 0 amide bonds. The monoisotopic (exact) mass is 1120 g/mol. The average molecular weight is 1120 g/mol. The number of nitrogens with zero attached hydrogens (tertiary/aromatic N) is 2. The molecule has 0 atom stereocenters. The fraction of sp³-hybridized carbons (Fsp3) is 0. The molecule has 3 aromatic heterocycles. The number of hydrogen-bond acceptors (Lipinski definition) is 2. The predicted octanol–water partition coefficient (Wildman–Crippen LogP) is 22.1. The van der Waals surface area contributed by atoms with Crippen molar-refractivity contribution in [2.24, 2.45) is 0 Å². The Bertz CT molecular complexity index is 5520. The van der Waals surface area contributed by atoms with Crippen molar-refractivity contribution in [3.8, 4) is 66.8 Å². The van der Waals surface area contributed by atoms with Crippen LogP contribution >= 0.6 is 0 Å². The molecule has 5 heterocycles. The van der Waals surface area contributed by atoms with Crippen molar-refractivity contribution in [3.63, 3.8) is 0 Å². The van der Waals surface area contributed by atoms with E-state index in [1.54, 1.807) is 0 Å². The molecule has 2 N–H and O–H groups in total. The summed E-state index contributed by atoms with van der Waals surface area (Å²) >= 11 is 0. The Hall–Kier alpha value is -11.7. The van der Waals surface area contributed by atoms with E-state index in [1.165, 1.54) is 0 Å². The van der Waals surface area contributed by atoms with E-state index < -0.39 is 0 Å². The lowest BCUT2D eigenvalue weighted by Crippen LogP contribution is -1.96. The molecule has 12 aromatic carbocycles. The maximum absolute atomic E-state index is 6.54. The van der Waals surface area contributed by atoms with Gasteiger partial charge in [-0.3, -0.25) is 0 Å². The molecule has 15 aromatic rings. The third kappa shape index (κ3) is 8.45. The zero-order valence-corrected chi connectivity index (χ0v) is 47.9. The van der Waals surface area contributed by atoms with E-state index >= 15 is 0 Å². The standard InChI is InChI=1S/C84H54N4/c1-5-29-57(30-6-1)73-71-51-61-49-50-62(85-61)52-72-77(67-45-21-37-53-25-13-17-41-63(53)67)79(69-47-23-39-55-27-15-19-43-65(55)69)83(87-72)80(70-48-24-40-56-28-16-20-44-66(56)70)84-78(68-46-22-38-54-26-14-18-42-64(54)68)75(59-33-9-3-10-34-59)82(88-84)76(60-35-11-4-12-36-60)81(86-71)74(73)58-31-7-2-8-32-58/h1-52,86-87H. The summed E-state index contributed by atoms with van der Waals surface area (Å²) in [6.45, 7) is 0. The van der Waals surface area contributed by atoms with E-state index in [4.69, 9.17) is 9.97 Å². The summed E-state index contributed by atoms with van der Waals surface area (Å²) in [6.07, 6.45) is 4.31. The predicted molar refractivity (Wildman–Crippen MR) is 370 cm³/mol. The molecule has 2 aliphatic heterocycles. The van der Waals surface area contributed by atoms with Gasteiger partial charge in [0.15, 0.2) is 0 Å². The fourth-order valence-corrected chi connectivity index (χ4v) is 14.0. The molecule has 0 saturated heterocycles. The highest BCUT2D eigenvalue weighted by atomic mass is 14.8. The van der Waals surface area contributed by atoms with Crippen molar-refractivity contribution in [2.45, 2.75) is 0 Å². The van der Waals surface area contributed by atoms with Crippen LogP contribution in [0.4, 0.5) is 0 Å². The Morgan fingerprint density at radius 3 is 1.06 bits per heavy atom. The number of aromatic amines is 2. The third-order valence-corrected chi connectivity index (χ3v) is 17.7. The molecule has 88 heavy (non-hydrogen) atoms. The van der Waals surface area contributed by atoms with Crippen LogP contribution in [0, 0.1) is 0 Å². The fourth-order valence-electron chi connectivity index (χ4n) is 14.0. The van der Waals surface area contributed by atoms with E-state index in [1.807, 2.05) is 0 Å². The first-order valence-electron chi connectivity index (χ1n) is 30.1. The van der Waals surface area contributed by atoms with Gasteiger partial charge in [-0.25, -0.2) is 9.97 Å². The Balaban J connectivity index is 1.22. The van der Waals surface area contributed by atoms with Crippen LogP contribution in [-0.2, 0) is 0 Å². The van der Waals surface area contributed by atoms with Gasteiger partial charge in [0.05, 0.1) is 33.8 Å². The Kier molecular flexibility index (Phi) is 12.2. The average Bonchev–Trinajstić information content (AvgIpc) is 1.73. The molecule has 0 unspecified atom stereocenters. The van der Waals surface area contributed by atoms with Crippen LogP contribution in [0.2, 0.25) is 0 Å². The van der Waals surface area contributed by atoms with E-state index in [0.717, 1.165) is 177 Å². The molecular weight excluding hydrogens is 1060 g/mol. The molecule has 17 rings (SSSR count). The minimum Gasteiger partial charge on any atom is -0.354 e. The van der Waals surface area contributed by atoms with Crippen LogP contribution in [0.3, 0.4) is 0 Å².